The van der Waals surface area contributed by atoms with Crippen LogP contribution >= 0.6 is 9.47 Å². The zero-order chi connectivity index (χ0) is 21.6. The highest BCUT2D eigenvalue weighted by Crippen LogP contribution is 2.69. The fourth-order valence-electron chi connectivity index (χ4n) is 8.59. The molecule has 0 saturated heterocycles. The molecule has 0 heterocycles. The van der Waals surface area contributed by atoms with Crippen LogP contribution in [-0.2, 0) is 14.1 Å². The number of fused-ring (bicyclic) bond motifs is 5. The first-order valence-electron chi connectivity index (χ1n) is 12.5. The van der Waals surface area contributed by atoms with E-state index in [1.54, 1.807) is 0 Å². The summed E-state index contributed by atoms with van der Waals surface area (Å²) in [4.78, 5) is 11.9. The predicted octanol–water partition coefficient (Wildman–Crippen LogP) is 6.86. The van der Waals surface area contributed by atoms with Crippen LogP contribution in [0.3, 0.4) is 0 Å². The topological polar surface area (TPSA) is 35.5 Å². The minimum atomic E-state index is -0.160. The molecule has 4 aliphatic rings. The van der Waals surface area contributed by atoms with E-state index < -0.39 is 0 Å². The van der Waals surface area contributed by atoms with Gasteiger partial charge in [0.2, 0.25) is 0 Å². The van der Waals surface area contributed by atoms with Crippen molar-refractivity contribution in [3.63, 3.8) is 0 Å². The van der Waals surface area contributed by atoms with E-state index in [0.717, 1.165) is 49.4 Å². The van der Waals surface area contributed by atoms with E-state index in [-0.39, 0.29) is 23.1 Å². The van der Waals surface area contributed by atoms with E-state index in [2.05, 4.69) is 42.4 Å². The Hall–Kier alpha value is -0.400. The Labute approximate surface area is 186 Å². The van der Waals surface area contributed by atoms with Gasteiger partial charge in [0.1, 0.15) is 6.10 Å². The van der Waals surface area contributed by atoms with Gasteiger partial charge >= 0.3 is 5.97 Å². The monoisotopic (exact) mass is 434 g/mol. The van der Waals surface area contributed by atoms with Gasteiger partial charge < -0.3 is 9.26 Å². The van der Waals surface area contributed by atoms with E-state index >= 15 is 0 Å². The summed E-state index contributed by atoms with van der Waals surface area (Å²) in [6.07, 6.45) is 17.3. The lowest BCUT2D eigenvalue weighted by Gasteiger charge is -2.65. The predicted molar refractivity (Wildman–Crippen MR) is 125 cm³/mol. The molecule has 0 spiro atoms. The Morgan fingerprint density at radius 2 is 1.87 bits per heavy atom. The summed E-state index contributed by atoms with van der Waals surface area (Å²) in [6, 6.07) is 0. The maximum Gasteiger partial charge on any atom is 0.305 e. The molecule has 0 amide bonds. The summed E-state index contributed by atoms with van der Waals surface area (Å²) < 4.78 is 12.1. The van der Waals surface area contributed by atoms with E-state index in [9.17, 15) is 4.79 Å². The minimum absolute atomic E-state index is 0.0215. The van der Waals surface area contributed by atoms with Crippen LogP contribution in [0.5, 0.6) is 0 Å². The highest BCUT2D eigenvalue weighted by atomic mass is 31.0. The van der Waals surface area contributed by atoms with Crippen molar-refractivity contribution in [3.05, 3.63) is 12.2 Å². The Kier molecular flexibility index (Phi) is 6.46. The van der Waals surface area contributed by atoms with Crippen LogP contribution in [0.1, 0.15) is 98.3 Å². The standard InChI is InChI=1S/C26H43O3P/c1-5-7-8-18-9-10-21-20-12-16-26(29-30)17-19(28-23(27)6-2)11-15-25(26,4)22(20)13-14-24(18,21)3/h5,7,18-22H,6,8-17,30H2,1-4H3/b7-5+/t18?,19?,20?,21?,22?,24?,25?,26-/m1/s1. The van der Waals surface area contributed by atoms with Crippen LogP contribution in [-0.4, -0.2) is 17.7 Å². The van der Waals surface area contributed by atoms with Crippen LogP contribution in [0.4, 0.5) is 0 Å². The van der Waals surface area contributed by atoms with E-state index in [1.165, 1.54) is 38.5 Å². The number of carbonyl (C=O) groups excluding carboxylic acids is 1. The van der Waals surface area contributed by atoms with Crippen molar-refractivity contribution >= 4 is 15.4 Å². The summed E-state index contributed by atoms with van der Waals surface area (Å²) in [5, 5.41) is 0. The first-order chi connectivity index (χ1) is 14.3. The second kappa shape index (κ2) is 8.51. The maximum atomic E-state index is 11.9. The third-order valence-corrected chi connectivity index (χ3v) is 10.8. The molecule has 8 unspecified atom stereocenters. The van der Waals surface area contributed by atoms with Gasteiger partial charge in [-0.05, 0) is 93.8 Å². The average molecular weight is 435 g/mol. The summed E-state index contributed by atoms with van der Waals surface area (Å²) in [6.45, 7) is 9.17. The Morgan fingerprint density at radius 1 is 1.07 bits per heavy atom. The summed E-state index contributed by atoms with van der Waals surface area (Å²) in [5.74, 6) is 3.26. The summed E-state index contributed by atoms with van der Waals surface area (Å²) in [5.41, 5.74) is 0.550. The average Bonchev–Trinajstić information content (AvgIpc) is 3.08. The van der Waals surface area contributed by atoms with E-state index in [0.29, 0.717) is 11.8 Å². The quantitative estimate of drug-likeness (QED) is 0.269. The molecule has 30 heavy (non-hydrogen) atoms. The zero-order valence-electron chi connectivity index (χ0n) is 19.6. The molecule has 0 bridgehead atoms. The van der Waals surface area contributed by atoms with Crippen molar-refractivity contribution in [2.45, 2.75) is 110 Å². The molecule has 0 aromatic rings. The smallest absolute Gasteiger partial charge is 0.305 e. The Balaban J connectivity index is 1.56. The number of allylic oxidation sites excluding steroid dienone is 2. The number of esters is 1. The van der Waals surface area contributed by atoms with Crippen LogP contribution in [0.2, 0.25) is 0 Å². The van der Waals surface area contributed by atoms with Gasteiger partial charge in [0.25, 0.3) is 0 Å². The van der Waals surface area contributed by atoms with Crippen molar-refractivity contribution in [1.82, 2.24) is 0 Å². The number of hydrogen-bond acceptors (Lipinski definition) is 3. The van der Waals surface area contributed by atoms with Gasteiger partial charge in [-0.25, -0.2) is 0 Å². The van der Waals surface area contributed by atoms with Gasteiger partial charge in [0.05, 0.1) is 5.60 Å². The SMILES string of the molecule is C/C=C/CC1CCC2C3CC[C@@]4(OP)CC(OC(=O)CC)CCC4(C)C3CCC12C. The van der Waals surface area contributed by atoms with Crippen LogP contribution in [0.15, 0.2) is 12.2 Å². The third-order valence-electron chi connectivity index (χ3n) is 10.4. The van der Waals surface area contributed by atoms with Gasteiger partial charge in [0.15, 0.2) is 0 Å². The van der Waals surface area contributed by atoms with Crippen molar-refractivity contribution in [3.8, 4) is 0 Å². The van der Waals surface area contributed by atoms with Crippen LogP contribution < -0.4 is 0 Å². The van der Waals surface area contributed by atoms with E-state index in [4.69, 9.17) is 9.26 Å². The lowest BCUT2D eigenvalue weighted by atomic mass is 9.43. The second-order valence-electron chi connectivity index (χ2n) is 11.3. The molecule has 0 aromatic carbocycles. The Bertz CT molecular complexity index is 677. The van der Waals surface area contributed by atoms with Crippen LogP contribution in [0, 0.1) is 34.5 Å². The normalized spacial score (nSPS) is 48.1. The molecule has 0 radical (unpaired) electrons. The first-order valence-corrected chi connectivity index (χ1v) is 13.0. The molecule has 170 valence electrons. The minimum Gasteiger partial charge on any atom is -0.462 e. The number of hydrogen-bond donors (Lipinski definition) is 0. The molecule has 4 aliphatic carbocycles. The molecule has 0 N–H and O–H groups in total. The number of rotatable bonds is 5. The fourth-order valence-corrected chi connectivity index (χ4v) is 9.07. The first kappa shape index (κ1) is 22.8. The Morgan fingerprint density at radius 3 is 2.57 bits per heavy atom. The van der Waals surface area contributed by atoms with Crippen LogP contribution in [0.25, 0.3) is 0 Å². The van der Waals surface area contributed by atoms with Gasteiger partial charge in [-0.2, -0.15) is 0 Å². The number of carbonyl (C=O) groups is 1. The molecule has 4 heteroatoms. The highest BCUT2D eigenvalue weighted by Gasteiger charge is 2.65. The third kappa shape index (κ3) is 3.42. The fraction of sp³-hybridized carbons (Fsp3) is 0.885. The van der Waals surface area contributed by atoms with Gasteiger partial charge in [-0.3, -0.25) is 4.79 Å². The largest absolute Gasteiger partial charge is 0.462 e. The lowest BCUT2D eigenvalue weighted by Crippen LogP contribution is -2.63. The van der Waals surface area contributed by atoms with Crippen molar-refractivity contribution in [2.24, 2.45) is 34.5 Å². The van der Waals surface area contributed by atoms with Gasteiger partial charge in [-0.1, -0.05) is 32.9 Å². The van der Waals surface area contributed by atoms with Gasteiger partial charge in [0, 0.05) is 27.7 Å². The number of ether oxygens (including phenoxy) is 1. The molecular formula is C26H43O3P. The molecule has 3 nitrogen and oxygen atoms in total. The molecule has 4 saturated carbocycles. The second-order valence-corrected chi connectivity index (χ2v) is 11.5. The molecule has 0 aromatic heterocycles. The highest BCUT2D eigenvalue weighted by molar-refractivity contribution is 7.09. The maximum absolute atomic E-state index is 11.9. The van der Waals surface area contributed by atoms with E-state index in [1.807, 2.05) is 6.92 Å². The molecule has 9 atom stereocenters. The summed E-state index contributed by atoms with van der Waals surface area (Å²) >= 11 is 0. The van der Waals surface area contributed by atoms with Crippen molar-refractivity contribution in [2.75, 3.05) is 0 Å². The summed E-state index contributed by atoms with van der Waals surface area (Å²) in [7, 11) is 2.60. The van der Waals surface area contributed by atoms with Gasteiger partial charge in [-0.15, -0.1) is 0 Å². The van der Waals surface area contributed by atoms with Crippen molar-refractivity contribution in [1.29, 1.82) is 0 Å². The van der Waals surface area contributed by atoms with Crippen molar-refractivity contribution < 1.29 is 14.1 Å². The lowest BCUT2D eigenvalue weighted by molar-refractivity contribution is -0.208. The molecular weight excluding hydrogens is 391 g/mol. The molecule has 4 rings (SSSR count). The molecule has 4 fully saturated rings. The molecule has 0 aliphatic heterocycles. The zero-order valence-corrected chi connectivity index (χ0v) is 20.8.